The van der Waals surface area contributed by atoms with Gasteiger partial charge in [0.15, 0.2) is 0 Å². The summed E-state index contributed by atoms with van der Waals surface area (Å²) in [7, 11) is 1.69. The van der Waals surface area contributed by atoms with E-state index in [1.165, 1.54) is 19.3 Å². The van der Waals surface area contributed by atoms with Gasteiger partial charge < -0.3 is 9.64 Å². The van der Waals surface area contributed by atoms with Gasteiger partial charge in [0.25, 0.3) is 0 Å². The quantitative estimate of drug-likeness (QED) is 0.832. The number of ether oxygens (including phenoxy) is 1. The minimum Gasteiger partial charge on any atom is -0.496 e. The van der Waals surface area contributed by atoms with Gasteiger partial charge in [-0.05, 0) is 63.4 Å². The number of piperidine rings is 2. The summed E-state index contributed by atoms with van der Waals surface area (Å²) in [5.74, 6) is 1.47. The number of methoxy groups -OCH3 is 1. The molecule has 3 rings (SSSR count). The summed E-state index contributed by atoms with van der Waals surface area (Å²) < 4.78 is 5.43. The number of carbonyl (C=O) groups excluding carboxylic acids is 1. The lowest BCUT2D eigenvalue weighted by Crippen LogP contribution is -2.44. The number of hydrogen-bond acceptors (Lipinski definition) is 3. The van der Waals surface area contributed by atoms with Gasteiger partial charge in [0.2, 0.25) is 5.91 Å². The van der Waals surface area contributed by atoms with Gasteiger partial charge in [-0.1, -0.05) is 11.6 Å². The number of rotatable bonds is 4. The predicted octanol–water partition coefficient (Wildman–Crippen LogP) is 3.57. The fourth-order valence-electron chi connectivity index (χ4n) is 3.82. The third kappa shape index (κ3) is 4.22. The third-order valence-electron chi connectivity index (χ3n) is 5.24. The molecule has 1 aromatic rings. The number of amides is 1. The normalized spacial score (nSPS) is 20.2. The molecule has 2 aliphatic rings. The Kier molecular flexibility index (Phi) is 6.01. The Morgan fingerprint density at radius 3 is 2.54 bits per heavy atom. The van der Waals surface area contributed by atoms with Crippen molar-refractivity contribution >= 4 is 17.5 Å². The molecule has 4 nitrogen and oxygen atoms in total. The maximum Gasteiger partial charge on any atom is 0.225 e. The molecule has 0 aliphatic carbocycles. The van der Waals surface area contributed by atoms with Crippen molar-refractivity contribution < 1.29 is 9.53 Å². The van der Waals surface area contributed by atoms with Crippen LogP contribution in [0.15, 0.2) is 18.2 Å². The molecule has 2 aliphatic heterocycles. The molecule has 2 fully saturated rings. The molecule has 2 heterocycles. The van der Waals surface area contributed by atoms with E-state index in [0.29, 0.717) is 5.91 Å². The standard InChI is InChI=1S/C19H27ClN2O2/c1-24-18-6-5-17(20)13-16(18)14-21-11-7-15(8-12-21)19(23)22-9-3-2-4-10-22/h5-6,13,15H,2-4,7-12,14H2,1H3. The number of hydrogen-bond donors (Lipinski definition) is 0. The lowest BCUT2D eigenvalue weighted by molar-refractivity contribution is -0.138. The molecule has 0 atom stereocenters. The molecular weight excluding hydrogens is 324 g/mol. The van der Waals surface area contributed by atoms with Crippen LogP contribution < -0.4 is 4.74 Å². The first-order valence-corrected chi connectivity index (χ1v) is 9.38. The van der Waals surface area contributed by atoms with E-state index in [9.17, 15) is 4.79 Å². The number of carbonyl (C=O) groups is 1. The second-order valence-electron chi connectivity index (χ2n) is 6.89. The van der Waals surface area contributed by atoms with Gasteiger partial charge in [0.1, 0.15) is 5.75 Å². The summed E-state index contributed by atoms with van der Waals surface area (Å²) in [5.41, 5.74) is 1.12. The summed E-state index contributed by atoms with van der Waals surface area (Å²) in [5, 5.41) is 0.737. The molecule has 132 valence electrons. The highest BCUT2D eigenvalue weighted by atomic mass is 35.5. The zero-order valence-corrected chi connectivity index (χ0v) is 15.2. The first-order valence-electron chi connectivity index (χ1n) is 9.01. The van der Waals surface area contributed by atoms with Crippen LogP contribution in [0, 0.1) is 5.92 Å². The van der Waals surface area contributed by atoms with Crippen molar-refractivity contribution in [1.82, 2.24) is 9.80 Å². The highest BCUT2D eigenvalue weighted by Gasteiger charge is 2.29. The van der Waals surface area contributed by atoms with E-state index >= 15 is 0 Å². The van der Waals surface area contributed by atoms with Gasteiger partial charge >= 0.3 is 0 Å². The Morgan fingerprint density at radius 2 is 1.88 bits per heavy atom. The van der Waals surface area contributed by atoms with E-state index < -0.39 is 0 Å². The minimum absolute atomic E-state index is 0.209. The molecule has 0 N–H and O–H groups in total. The van der Waals surface area contributed by atoms with Gasteiger partial charge in [-0.3, -0.25) is 9.69 Å². The summed E-state index contributed by atoms with van der Waals surface area (Å²) in [6, 6.07) is 5.75. The average molecular weight is 351 g/mol. The molecule has 0 aromatic heterocycles. The van der Waals surface area contributed by atoms with Crippen LogP contribution in [0.4, 0.5) is 0 Å². The third-order valence-corrected chi connectivity index (χ3v) is 5.48. The molecule has 0 unspecified atom stereocenters. The zero-order valence-electron chi connectivity index (χ0n) is 14.5. The van der Waals surface area contributed by atoms with Crippen LogP contribution in [0.25, 0.3) is 0 Å². The summed E-state index contributed by atoms with van der Waals surface area (Å²) in [6.07, 6.45) is 5.51. The first kappa shape index (κ1) is 17.6. The highest BCUT2D eigenvalue weighted by molar-refractivity contribution is 6.30. The van der Waals surface area contributed by atoms with Crippen molar-refractivity contribution in [3.05, 3.63) is 28.8 Å². The van der Waals surface area contributed by atoms with Crippen LogP contribution in [0.3, 0.4) is 0 Å². The molecule has 0 bridgehead atoms. The number of nitrogens with zero attached hydrogens (tertiary/aromatic N) is 2. The van der Waals surface area contributed by atoms with Crippen molar-refractivity contribution in [2.45, 2.75) is 38.6 Å². The average Bonchev–Trinajstić information content (AvgIpc) is 2.63. The first-order chi connectivity index (χ1) is 11.7. The van der Waals surface area contributed by atoms with Crippen LogP contribution >= 0.6 is 11.6 Å². The van der Waals surface area contributed by atoms with Crippen LogP contribution in [0.1, 0.15) is 37.7 Å². The van der Waals surface area contributed by atoms with Crippen molar-refractivity contribution in [3.8, 4) is 5.75 Å². The van der Waals surface area contributed by atoms with Gasteiger partial charge in [-0.25, -0.2) is 0 Å². The molecule has 0 radical (unpaired) electrons. The fraction of sp³-hybridized carbons (Fsp3) is 0.632. The Hall–Kier alpha value is -1.26. The smallest absolute Gasteiger partial charge is 0.225 e. The monoisotopic (exact) mass is 350 g/mol. The van der Waals surface area contributed by atoms with Crippen molar-refractivity contribution in [2.24, 2.45) is 5.92 Å². The SMILES string of the molecule is COc1ccc(Cl)cc1CN1CCC(C(=O)N2CCCCC2)CC1. The zero-order chi connectivity index (χ0) is 16.9. The van der Waals surface area contributed by atoms with Crippen molar-refractivity contribution in [3.63, 3.8) is 0 Å². The van der Waals surface area contributed by atoms with Crippen molar-refractivity contribution in [2.75, 3.05) is 33.3 Å². The van der Waals surface area contributed by atoms with Crippen LogP contribution in [-0.2, 0) is 11.3 Å². The maximum absolute atomic E-state index is 12.6. The van der Waals surface area contributed by atoms with Gasteiger partial charge in [0, 0.05) is 36.1 Å². The second kappa shape index (κ2) is 8.21. The molecule has 0 saturated carbocycles. The van der Waals surface area contributed by atoms with Crippen LogP contribution in [0.5, 0.6) is 5.75 Å². The number of likely N-dealkylation sites (tertiary alicyclic amines) is 2. The van der Waals surface area contributed by atoms with E-state index in [2.05, 4.69) is 9.80 Å². The summed E-state index contributed by atoms with van der Waals surface area (Å²) in [4.78, 5) is 17.1. The largest absolute Gasteiger partial charge is 0.496 e. The lowest BCUT2D eigenvalue weighted by atomic mass is 9.94. The summed E-state index contributed by atoms with van der Waals surface area (Å²) >= 11 is 6.12. The minimum atomic E-state index is 0.209. The Bertz CT molecular complexity index is 564. The molecule has 5 heteroatoms. The highest BCUT2D eigenvalue weighted by Crippen LogP contribution is 2.27. The predicted molar refractivity (Wildman–Crippen MR) is 96.4 cm³/mol. The topological polar surface area (TPSA) is 32.8 Å². The summed E-state index contributed by atoms with van der Waals surface area (Å²) in [6.45, 7) is 4.66. The van der Waals surface area contributed by atoms with E-state index in [4.69, 9.17) is 16.3 Å². The molecule has 2 saturated heterocycles. The molecule has 0 spiro atoms. The number of benzene rings is 1. The lowest BCUT2D eigenvalue weighted by Gasteiger charge is -2.35. The van der Waals surface area contributed by atoms with Crippen molar-refractivity contribution in [1.29, 1.82) is 0 Å². The Morgan fingerprint density at radius 1 is 1.17 bits per heavy atom. The fourth-order valence-corrected chi connectivity index (χ4v) is 4.02. The second-order valence-corrected chi connectivity index (χ2v) is 7.33. The van der Waals surface area contributed by atoms with Gasteiger partial charge in [-0.15, -0.1) is 0 Å². The van der Waals surface area contributed by atoms with E-state index in [0.717, 1.165) is 61.9 Å². The molecule has 1 amide bonds. The molecule has 1 aromatic carbocycles. The maximum atomic E-state index is 12.6. The van der Waals surface area contributed by atoms with E-state index in [1.54, 1.807) is 7.11 Å². The van der Waals surface area contributed by atoms with E-state index in [1.807, 2.05) is 18.2 Å². The van der Waals surface area contributed by atoms with Crippen LogP contribution in [-0.4, -0.2) is 49.0 Å². The number of halogens is 1. The van der Waals surface area contributed by atoms with Gasteiger partial charge in [-0.2, -0.15) is 0 Å². The van der Waals surface area contributed by atoms with E-state index in [-0.39, 0.29) is 5.92 Å². The molecular formula is C19H27ClN2O2. The Labute approximate surface area is 149 Å². The van der Waals surface area contributed by atoms with Gasteiger partial charge in [0.05, 0.1) is 7.11 Å². The molecule has 24 heavy (non-hydrogen) atoms. The Balaban J connectivity index is 1.53. The van der Waals surface area contributed by atoms with Crippen LogP contribution in [0.2, 0.25) is 5.02 Å².